The van der Waals surface area contributed by atoms with Gasteiger partial charge in [-0.25, -0.2) is 0 Å². The highest BCUT2D eigenvalue weighted by Crippen LogP contribution is 2.16. The zero-order chi connectivity index (χ0) is 12.3. The molecule has 0 unspecified atom stereocenters. The summed E-state index contributed by atoms with van der Waals surface area (Å²) in [6.45, 7) is 2.84. The predicted octanol–water partition coefficient (Wildman–Crippen LogP) is 1.25. The van der Waals surface area contributed by atoms with Gasteiger partial charge in [0, 0.05) is 6.54 Å². The van der Waals surface area contributed by atoms with Gasteiger partial charge in [0.05, 0.1) is 6.04 Å². The fraction of sp³-hybridized carbons (Fsp3) is 0.333. The smallest absolute Gasteiger partial charge is 0.150 e. The average molecular weight is 232 g/mol. The lowest BCUT2D eigenvalue weighted by atomic mass is 10.1. The van der Waals surface area contributed by atoms with Gasteiger partial charge in [0.25, 0.3) is 0 Å². The summed E-state index contributed by atoms with van der Waals surface area (Å²) in [5.74, 6) is 1.06. The van der Waals surface area contributed by atoms with Crippen LogP contribution in [0.5, 0.6) is 5.75 Å². The molecule has 0 aliphatic heterocycles. The molecule has 0 aliphatic rings. The van der Waals surface area contributed by atoms with Gasteiger partial charge < -0.3 is 15.4 Å². The van der Waals surface area contributed by atoms with Crippen LogP contribution in [0, 0.1) is 0 Å². The van der Waals surface area contributed by atoms with Crippen LogP contribution >= 0.6 is 0 Å². The summed E-state index contributed by atoms with van der Waals surface area (Å²) in [4.78, 5) is 0. The third-order valence-electron chi connectivity index (χ3n) is 2.71. The molecule has 2 aromatic rings. The standard InChI is InChI=1S/C12H16N4O/c1-2-16-8-14-15-12(16)11(13)7-9-3-5-10(17)6-4-9/h3-6,8,11,17H,2,7,13H2,1H3/t11-/m1/s1. The third kappa shape index (κ3) is 2.62. The second-order valence-corrected chi connectivity index (χ2v) is 3.95. The second-order valence-electron chi connectivity index (χ2n) is 3.95. The Hall–Kier alpha value is -1.88. The largest absolute Gasteiger partial charge is 0.508 e. The number of aromatic hydroxyl groups is 1. The van der Waals surface area contributed by atoms with Crippen molar-refractivity contribution in [2.45, 2.75) is 25.9 Å². The first-order chi connectivity index (χ1) is 8.20. The van der Waals surface area contributed by atoms with Crippen LogP contribution in [0.3, 0.4) is 0 Å². The Kier molecular flexibility index (Phi) is 3.39. The Labute approximate surface area is 99.9 Å². The highest BCUT2D eigenvalue weighted by atomic mass is 16.3. The fourth-order valence-electron chi connectivity index (χ4n) is 1.77. The Morgan fingerprint density at radius 1 is 1.35 bits per heavy atom. The normalized spacial score (nSPS) is 12.6. The molecule has 0 radical (unpaired) electrons. The predicted molar refractivity (Wildman–Crippen MR) is 64.4 cm³/mol. The van der Waals surface area contributed by atoms with Crippen LogP contribution in [0.2, 0.25) is 0 Å². The molecule has 0 bridgehead atoms. The van der Waals surface area contributed by atoms with Crippen molar-refractivity contribution in [1.29, 1.82) is 0 Å². The molecule has 90 valence electrons. The lowest BCUT2D eigenvalue weighted by Gasteiger charge is -2.11. The summed E-state index contributed by atoms with van der Waals surface area (Å²) in [5, 5.41) is 17.1. The van der Waals surface area contributed by atoms with E-state index in [0.717, 1.165) is 17.9 Å². The third-order valence-corrected chi connectivity index (χ3v) is 2.71. The number of hydrogen-bond acceptors (Lipinski definition) is 4. The zero-order valence-electron chi connectivity index (χ0n) is 9.74. The molecular weight excluding hydrogens is 216 g/mol. The van der Waals surface area contributed by atoms with E-state index >= 15 is 0 Å². The van der Waals surface area contributed by atoms with E-state index in [1.54, 1.807) is 18.5 Å². The van der Waals surface area contributed by atoms with Crippen molar-refractivity contribution in [2.24, 2.45) is 5.73 Å². The van der Waals surface area contributed by atoms with Crippen LogP contribution in [-0.4, -0.2) is 19.9 Å². The van der Waals surface area contributed by atoms with Crippen molar-refractivity contribution >= 4 is 0 Å². The number of rotatable bonds is 4. The fourth-order valence-corrected chi connectivity index (χ4v) is 1.77. The first-order valence-electron chi connectivity index (χ1n) is 5.62. The molecule has 1 atom stereocenters. The van der Waals surface area contributed by atoms with Gasteiger partial charge in [-0.3, -0.25) is 0 Å². The van der Waals surface area contributed by atoms with Crippen molar-refractivity contribution in [3.8, 4) is 5.75 Å². The molecule has 1 aromatic carbocycles. The summed E-state index contributed by atoms with van der Waals surface area (Å²) < 4.78 is 1.94. The monoisotopic (exact) mass is 232 g/mol. The lowest BCUT2D eigenvalue weighted by molar-refractivity contribution is 0.475. The number of phenolic OH excluding ortho intramolecular Hbond substituents is 1. The van der Waals surface area contributed by atoms with Crippen LogP contribution < -0.4 is 5.73 Å². The second kappa shape index (κ2) is 4.97. The van der Waals surface area contributed by atoms with Crippen molar-refractivity contribution in [3.05, 3.63) is 42.0 Å². The molecule has 0 aliphatic carbocycles. The molecule has 0 saturated carbocycles. The van der Waals surface area contributed by atoms with E-state index in [1.165, 1.54) is 0 Å². The number of nitrogens with two attached hydrogens (primary N) is 1. The first kappa shape index (κ1) is 11.6. The number of phenols is 1. The molecular formula is C12H16N4O. The van der Waals surface area contributed by atoms with E-state index in [-0.39, 0.29) is 11.8 Å². The first-order valence-corrected chi connectivity index (χ1v) is 5.62. The molecule has 17 heavy (non-hydrogen) atoms. The number of nitrogens with zero attached hydrogens (tertiary/aromatic N) is 3. The SMILES string of the molecule is CCn1cnnc1[C@H](N)Cc1ccc(O)cc1. The zero-order valence-corrected chi connectivity index (χ0v) is 9.74. The topological polar surface area (TPSA) is 77.0 Å². The van der Waals surface area contributed by atoms with Crippen LogP contribution in [-0.2, 0) is 13.0 Å². The van der Waals surface area contributed by atoms with Crippen molar-refractivity contribution < 1.29 is 5.11 Å². The average Bonchev–Trinajstić information content (AvgIpc) is 2.80. The van der Waals surface area contributed by atoms with E-state index in [2.05, 4.69) is 10.2 Å². The Bertz CT molecular complexity index is 478. The molecule has 0 spiro atoms. The highest BCUT2D eigenvalue weighted by Gasteiger charge is 2.13. The maximum absolute atomic E-state index is 9.20. The summed E-state index contributed by atoms with van der Waals surface area (Å²) in [7, 11) is 0. The number of benzene rings is 1. The molecule has 5 heteroatoms. The van der Waals surface area contributed by atoms with Crippen LogP contribution in [0.1, 0.15) is 24.4 Å². The van der Waals surface area contributed by atoms with E-state index in [0.29, 0.717) is 6.42 Å². The quantitative estimate of drug-likeness (QED) is 0.831. The van der Waals surface area contributed by atoms with Gasteiger partial charge >= 0.3 is 0 Å². The van der Waals surface area contributed by atoms with Crippen molar-refractivity contribution in [1.82, 2.24) is 14.8 Å². The Morgan fingerprint density at radius 3 is 2.71 bits per heavy atom. The van der Waals surface area contributed by atoms with Crippen LogP contribution in [0.25, 0.3) is 0 Å². The molecule has 5 nitrogen and oxygen atoms in total. The minimum Gasteiger partial charge on any atom is -0.508 e. The molecule has 1 heterocycles. The maximum atomic E-state index is 9.20. The molecule has 3 N–H and O–H groups in total. The number of aromatic nitrogens is 3. The van der Waals surface area contributed by atoms with Crippen molar-refractivity contribution in [2.75, 3.05) is 0 Å². The van der Waals surface area contributed by atoms with Gasteiger partial charge in [0.2, 0.25) is 0 Å². The number of hydrogen-bond donors (Lipinski definition) is 2. The molecule has 0 saturated heterocycles. The van der Waals surface area contributed by atoms with Crippen molar-refractivity contribution in [3.63, 3.8) is 0 Å². The van der Waals surface area contributed by atoms with Gasteiger partial charge in [-0.15, -0.1) is 10.2 Å². The van der Waals surface area contributed by atoms with Gasteiger partial charge in [0.15, 0.2) is 0 Å². The Balaban J connectivity index is 2.11. The van der Waals surface area contributed by atoms with Gasteiger partial charge in [-0.2, -0.15) is 0 Å². The minimum atomic E-state index is -0.179. The lowest BCUT2D eigenvalue weighted by Crippen LogP contribution is -2.18. The summed E-state index contributed by atoms with van der Waals surface area (Å²) in [6, 6.07) is 6.87. The summed E-state index contributed by atoms with van der Waals surface area (Å²) in [5.41, 5.74) is 7.17. The highest BCUT2D eigenvalue weighted by molar-refractivity contribution is 5.26. The molecule has 2 rings (SSSR count). The molecule has 0 fully saturated rings. The van der Waals surface area contributed by atoms with Crippen LogP contribution in [0.4, 0.5) is 0 Å². The molecule has 1 aromatic heterocycles. The van der Waals surface area contributed by atoms with E-state index in [4.69, 9.17) is 5.73 Å². The Morgan fingerprint density at radius 2 is 2.06 bits per heavy atom. The van der Waals surface area contributed by atoms with E-state index < -0.39 is 0 Å². The molecule has 0 amide bonds. The van der Waals surface area contributed by atoms with Gasteiger partial charge in [-0.05, 0) is 31.0 Å². The summed E-state index contributed by atoms with van der Waals surface area (Å²) in [6.07, 6.45) is 2.37. The van der Waals surface area contributed by atoms with Crippen LogP contribution in [0.15, 0.2) is 30.6 Å². The minimum absolute atomic E-state index is 0.179. The van der Waals surface area contributed by atoms with Gasteiger partial charge in [0.1, 0.15) is 17.9 Å². The van der Waals surface area contributed by atoms with Gasteiger partial charge in [-0.1, -0.05) is 12.1 Å². The van der Waals surface area contributed by atoms with E-state index in [9.17, 15) is 5.11 Å². The summed E-state index contributed by atoms with van der Waals surface area (Å²) >= 11 is 0. The maximum Gasteiger partial charge on any atom is 0.150 e. The van der Waals surface area contributed by atoms with E-state index in [1.807, 2.05) is 23.6 Å². The number of aryl methyl sites for hydroxylation is 1.